The lowest BCUT2D eigenvalue weighted by Crippen LogP contribution is -2.38. The van der Waals surface area contributed by atoms with Crippen molar-refractivity contribution in [1.29, 1.82) is 0 Å². The van der Waals surface area contributed by atoms with Crippen LogP contribution in [0.25, 0.3) is 16.9 Å². The Morgan fingerprint density at radius 3 is 2.83 bits per heavy atom. The van der Waals surface area contributed by atoms with Gasteiger partial charge in [-0.1, -0.05) is 23.7 Å². The first-order valence-corrected chi connectivity index (χ1v) is 11.8. The third-order valence-electron chi connectivity index (χ3n) is 5.87. The second kappa shape index (κ2) is 9.89. The molecule has 1 aliphatic rings. The number of fused-ring (bicyclic) bond motifs is 1. The van der Waals surface area contributed by atoms with Gasteiger partial charge in [0.15, 0.2) is 11.5 Å². The van der Waals surface area contributed by atoms with Gasteiger partial charge in [0.05, 0.1) is 6.54 Å². The van der Waals surface area contributed by atoms with Gasteiger partial charge in [-0.3, -0.25) is 4.79 Å². The molecule has 35 heavy (non-hydrogen) atoms. The van der Waals surface area contributed by atoms with Crippen LogP contribution in [0.5, 0.6) is 5.88 Å². The predicted molar refractivity (Wildman–Crippen MR) is 137 cm³/mol. The molecule has 0 spiro atoms. The highest BCUT2D eigenvalue weighted by molar-refractivity contribution is 6.30. The van der Waals surface area contributed by atoms with Crippen molar-refractivity contribution in [2.24, 2.45) is 0 Å². The number of rotatable bonds is 7. The largest absolute Gasteiger partial charge is 0.473 e. The summed E-state index contributed by atoms with van der Waals surface area (Å²) in [5.74, 6) is 1.38. The summed E-state index contributed by atoms with van der Waals surface area (Å²) < 4.78 is 9.42. The minimum absolute atomic E-state index is 0.0748. The number of likely N-dealkylation sites (tertiary alicyclic amines) is 1. The monoisotopic (exact) mass is 491 g/mol. The van der Waals surface area contributed by atoms with E-state index in [9.17, 15) is 4.79 Å². The first kappa shape index (κ1) is 23.1. The summed E-state index contributed by atoms with van der Waals surface area (Å²) >= 11 is 5.99. The lowest BCUT2D eigenvalue weighted by Gasteiger charge is -2.29. The third-order valence-corrected chi connectivity index (χ3v) is 6.12. The van der Waals surface area contributed by atoms with E-state index >= 15 is 0 Å². The summed E-state index contributed by atoms with van der Waals surface area (Å²) in [4.78, 5) is 29.1. The summed E-state index contributed by atoms with van der Waals surface area (Å²) in [5, 5.41) is 4.18. The van der Waals surface area contributed by atoms with Crippen molar-refractivity contribution in [3.63, 3.8) is 0 Å². The summed E-state index contributed by atoms with van der Waals surface area (Å²) in [7, 11) is 2.09. The Morgan fingerprint density at radius 1 is 1.23 bits per heavy atom. The fraction of sp³-hybridized carbons (Fsp3) is 0.280. The molecule has 4 heterocycles. The molecule has 1 aromatic carbocycles. The van der Waals surface area contributed by atoms with E-state index < -0.39 is 0 Å². The summed E-state index contributed by atoms with van der Waals surface area (Å²) in [6.07, 6.45) is 5.33. The van der Waals surface area contributed by atoms with Crippen LogP contribution in [0.1, 0.15) is 12.8 Å². The van der Waals surface area contributed by atoms with Crippen molar-refractivity contribution in [2.45, 2.75) is 25.5 Å². The molecule has 1 atom stereocenters. The molecule has 1 aliphatic heterocycles. The molecule has 9 nitrogen and oxygen atoms in total. The number of nitrogens with zero attached hydrogens (tertiary/aromatic N) is 6. The van der Waals surface area contributed by atoms with Gasteiger partial charge in [-0.2, -0.15) is 9.97 Å². The smallest absolute Gasteiger partial charge is 0.278 e. The lowest BCUT2D eigenvalue weighted by molar-refractivity contribution is 0.1000. The van der Waals surface area contributed by atoms with Gasteiger partial charge >= 0.3 is 0 Å². The molecular weight excluding hydrogens is 466 g/mol. The number of aromatic nitrogens is 5. The van der Waals surface area contributed by atoms with Crippen molar-refractivity contribution in [2.75, 3.05) is 25.5 Å². The van der Waals surface area contributed by atoms with Crippen LogP contribution >= 0.6 is 11.6 Å². The molecule has 1 N–H and O–H groups in total. The molecule has 5 rings (SSSR count). The molecule has 1 fully saturated rings. The molecule has 180 valence electrons. The Kier molecular flexibility index (Phi) is 6.52. The predicted octanol–water partition coefficient (Wildman–Crippen LogP) is 4.03. The highest BCUT2D eigenvalue weighted by Gasteiger charge is 2.21. The number of pyridine rings is 1. The molecular formula is C25H26ClN7O2. The minimum Gasteiger partial charge on any atom is -0.473 e. The first-order valence-electron chi connectivity index (χ1n) is 11.5. The van der Waals surface area contributed by atoms with Crippen LogP contribution in [0.15, 0.2) is 66.1 Å². The second-order valence-corrected chi connectivity index (χ2v) is 8.97. The van der Waals surface area contributed by atoms with E-state index in [1.54, 1.807) is 27.6 Å². The third kappa shape index (κ3) is 4.91. The molecule has 0 amide bonds. The molecule has 10 heteroatoms. The fourth-order valence-electron chi connectivity index (χ4n) is 4.24. The SMILES string of the molecule is C=CCn1c(=O)c2cnc(Nc3ccc(Cl)cc3)nc2n1-c1cccc(O[C@@H]2CCCN(C)C2)n1. The van der Waals surface area contributed by atoms with Crippen LogP contribution in [0, 0.1) is 0 Å². The second-order valence-electron chi connectivity index (χ2n) is 8.53. The summed E-state index contributed by atoms with van der Waals surface area (Å²) in [5.41, 5.74) is 0.990. The maximum absolute atomic E-state index is 13.2. The number of nitrogens with one attached hydrogen (secondary N) is 1. The fourth-order valence-corrected chi connectivity index (χ4v) is 4.37. The number of benzene rings is 1. The van der Waals surface area contributed by atoms with Gasteiger partial charge in [0.2, 0.25) is 11.8 Å². The number of ether oxygens (including phenoxy) is 1. The van der Waals surface area contributed by atoms with Gasteiger partial charge in [-0.15, -0.1) is 6.58 Å². The zero-order valence-electron chi connectivity index (χ0n) is 19.4. The van der Waals surface area contributed by atoms with Gasteiger partial charge in [-0.05, 0) is 56.8 Å². The average Bonchev–Trinajstić information content (AvgIpc) is 3.12. The zero-order chi connectivity index (χ0) is 24.4. The Bertz CT molecular complexity index is 1410. The van der Waals surface area contributed by atoms with Crippen LogP contribution in [-0.4, -0.2) is 55.5 Å². The van der Waals surface area contributed by atoms with Crippen LogP contribution in [0.4, 0.5) is 11.6 Å². The van der Waals surface area contributed by atoms with Gasteiger partial charge in [0.1, 0.15) is 11.5 Å². The Morgan fingerprint density at radius 2 is 2.06 bits per heavy atom. The zero-order valence-corrected chi connectivity index (χ0v) is 20.1. The number of hydrogen-bond acceptors (Lipinski definition) is 7. The van der Waals surface area contributed by atoms with Crippen LogP contribution < -0.4 is 15.6 Å². The number of piperidine rings is 1. The summed E-state index contributed by atoms with van der Waals surface area (Å²) in [6, 6.07) is 12.7. The standard InChI is InChI=1S/C25H26ClN7O2/c1-3-13-32-24(34)20-15-27-25(28-18-11-9-17(26)10-12-18)30-23(20)33(32)21-7-4-8-22(29-21)35-19-6-5-14-31(2)16-19/h3-4,7-12,15,19H,1,5-6,13-14,16H2,2H3,(H,27,28,30)/t19-/m1/s1. The molecule has 4 aromatic rings. The molecule has 0 saturated carbocycles. The van der Waals surface area contributed by atoms with Crippen molar-refractivity contribution < 1.29 is 4.74 Å². The lowest BCUT2D eigenvalue weighted by atomic mass is 10.1. The van der Waals surface area contributed by atoms with Crippen LogP contribution in [0.2, 0.25) is 5.02 Å². The van der Waals surface area contributed by atoms with E-state index in [4.69, 9.17) is 21.3 Å². The first-order chi connectivity index (χ1) is 17.0. The molecule has 0 bridgehead atoms. The number of allylic oxidation sites excluding steroid dienone is 1. The van der Waals surface area contributed by atoms with Crippen molar-refractivity contribution >= 4 is 34.3 Å². The number of likely N-dealkylation sites (N-methyl/N-ethyl adjacent to an activating group) is 1. The Labute approximate surface area is 207 Å². The highest BCUT2D eigenvalue weighted by atomic mass is 35.5. The van der Waals surface area contributed by atoms with Crippen LogP contribution in [0.3, 0.4) is 0 Å². The maximum Gasteiger partial charge on any atom is 0.278 e. The van der Waals surface area contributed by atoms with E-state index in [0.29, 0.717) is 33.7 Å². The number of halogens is 1. The average molecular weight is 492 g/mol. The van der Waals surface area contributed by atoms with Crippen molar-refractivity contribution in [3.05, 3.63) is 76.7 Å². The molecule has 0 unspecified atom stereocenters. The van der Waals surface area contributed by atoms with Gasteiger partial charge in [-0.25, -0.2) is 14.3 Å². The van der Waals surface area contributed by atoms with E-state index in [1.807, 2.05) is 30.3 Å². The molecule has 0 aliphatic carbocycles. The molecule has 1 saturated heterocycles. The van der Waals surface area contributed by atoms with Gasteiger partial charge < -0.3 is 15.0 Å². The minimum atomic E-state index is -0.222. The van der Waals surface area contributed by atoms with E-state index in [-0.39, 0.29) is 18.2 Å². The number of anilines is 2. The molecule has 3 aromatic heterocycles. The van der Waals surface area contributed by atoms with Gasteiger partial charge in [0, 0.05) is 29.5 Å². The van der Waals surface area contributed by atoms with E-state index in [0.717, 1.165) is 31.6 Å². The normalized spacial score (nSPS) is 16.3. The highest BCUT2D eigenvalue weighted by Crippen LogP contribution is 2.22. The number of hydrogen-bond donors (Lipinski definition) is 1. The maximum atomic E-state index is 13.2. The van der Waals surface area contributed by atoms with Crippen molar-refractivity contribution in [1.82, 2.24) is 29.2 Å². The van der Waals surface area contributed by atoms with E-state index in [1.165, 1.54) is 6.20 Å². The van der Waals surface area contributed by atoms with Crippen LogP contribution in [-0.2, 0) is 6.54 Å². The summed E-state index contributed by atoms with van der Waals surface area (Å²) in [6.45, 7) is 6.02. The topological polar surface area (TPSA) is 90.1 Å². The quantitative estimate of drug-likeness (QED) is 0.390. The molecule has 0 radical (unpaired) electrons. The van der Waals surface area contributed by atoms with Crippen molar-refractivity contribution in [3.8, 4) is 11.7 Å². The Balaban J connectivity index is 1.55. The Hall–Kier alpha value is -3.69. The van der Waals surface area contributed by atoms with E-state index in [2.05, 4.69) is 33.8 Å². The van der Waals surface area contributed by atoms with Gasteiger partial charge in [0.25, 0.3) is 5.56 Å².